The molecule has 168 valence electrons. The van der Waals surface area contributed by atoms with Crippen LogP contribution in [0.15, 0.2) is 42.5 Å². The average molecular weight is 428 g/mol. The maximum absolute atomic E-state index is 12.9. The second-order valence-electron chi connectivity index (χ2n) is 8.07. The monoisotopic (exact) mass is 427 g/mol. The molecule has 1 aliphatic rings. The summed E-state index contributed by atoms with van der Waals surface area (Å²) in [5.74, 6) is 1.90. The minimum atomic E-state index is -0.163. The largest absolute Gasteiger partial charge is 0.494 e. The van der Waals surface area contributed by atoms with Gasteiger partial charge in [-0.15, -0.1) is 0 Å². The number of ether oxygens (including phenoxy) is 4. The van der Waals surface area contributed by atoms with Crippen molar-refractivity contribution in [1.29, 1.82) is 0 Å². The van der Waals surface area contributed by atoms with Crippen molar-refractivity contribution in [3.8, 4) is 17.2 Å². The third kappa shape index (κ3) is 5.70. The van der Waals surface area contributed by atoms with Crippen LogP contribution in [0.1, 0.15) is 49.5 Å². The van der Waals surface area contributed by atoms with Crippen LogP contribution >= 0.6 is 0 Å². The fraction of sp³-hybridized carbons (Fsp3) is 0.480. The van der Waals surface area contributed by atoms with Crippen molar-refractivity contribution in [2.24, 2.45) is 0 Å². The summed E-state index contributed by atoms with van der Waals surface area (Å²) >= 11 is 0. The molecular weight excluding hydrogens is 394 g/mol. The van der Waals surface area contributed by atoms with Gasteiger partial charge in [0.05, 0.1) is 19.8 Å². The Kier molecular flexibility index (Phi) is 7.80. The molecule has 0 aliphatic carbocycles. The lowest BCUT2D eigenvalue weighted by Gasteiger charge is -2.38. The molecule has 2 aromatic carbocycles. The van der Waals surface area contributed by atoms with Gasteiger partial charge in [0.1, 0.15) is 5.75 Å². The van der Waals surface area contributed by atoms with Gasteiger partial charge in [0.15, 0.2) is 11.5 Å². The van der Waals surface area contributed by atoms with Crippen LogP contribution in [0.4, 0.5) is 0 Å². The van der Waals surface area contributed by atoms with Crippen molar-refractivity contribution in [2.75, 3.05) is 33.5 Å². The van der Waals surface area contributed by atoms with E-state index in [1.807, 2.05) is 32.9 Å². The first-order valence-electron chi connectivity index (χ1n) is 10.9. The van der Waals surface area contributed by atoms with Gasteiger partial charge < -0.3 is 24.3 Å². The minimum absolute atomic E-state index is 0.0241. The van der Waals surface area contributed by atoms with Gasteiger partial charge in [-0.25, -0.2) is 0 Å². The standard InChI is InChI=1S/C25H33NO5/c1-5-30-21-9-7-20(8-10-21)25(12-14-29-15-13-25)17-26-24(27)19-6-11-22(31-18(2)3)23(16-19)28-4/h6-11,16,18H,5,12-15,17H2,1-4H3,(H,26,27). The Balaban J connectivity index is 1.75. The van der Waals surface area contributed by atoms with E-state index in [4.69, 9.17) is 18.9 Å². The van der Waals surface area contributed by atoms with Crippen LogP contribution in [-0.4, -0.2) is 45.5 Å². The number of nitrogens with one attached hydrogen (secondary N) is 1. The molecule has 31 heavy (non-hydrogen) atoms. The molecule has 1 aliphatic heterocycles. The molecule has 6 nitrogen and oxygen atoms in total. The number of amides is 1. The number of hydrogen-bond donors (Lipinski definition) is 1. The number of carbonyl (C=O) groups is 1. The highest BCUT2D eigenvalue weighted by atomic mass is 16.5. The Morgan fingerprint density at radius 2 is 1.81 bits per heavy atom. The lowest BCUT2D eigenvalue weighted by atomic mass is 9.74. The van der Waals surface area contributed by atoms with Crippen molar-refractivity contribution in [1.82, 2.24) is 5.32 Å². The molecule has 2 aromatic rings. The normalized spacial score (nSPS) is 15.4. The summed E-state index contributed by atoms with van der Waals surface area (Å²) in [4.78, 5) is 12.9. The van der Waals surface area contributed by atoms with Gasteiger partial charge in [-0.3, -0.25) is 4.79 Å². The third-order valence-corrected chi connectivity index (χ3v) is 5.60. The molecule has 0 unspecified atom stereocenters. The Hall–Kier alpha value is -2.73. The molecule has 6 heteroatoms. The molecule has 1 fully saturated rings. The first kappa shape index (κ1) is 22.9. The maximum Gasteiger partial charge on any atom is 0.251 e. The maximum atomic E-state index is 12.9. The molecule has 1 N–H and O–H groups in total. The zero-order chi connectivity index (χ0) is 22.3. The van der Waals surface area contributed by atoms with Gasteiger partial charge in [-0.1, -0.05) is 12.1 Å². The molecule has 1 heterocycles. The second kappa shape index (κ2) is 10.5. The van der Waals surface area contributed by atoms with E-state index >= 15 is 0 Å². The molecule has 0 radical (unpaired) electrons. The van der Waals surface area contributed by atoms with Crippen molar-refractivity contribution < 1.29 is 23.7 Å². The quantitative estimate of drug-likeness (QED) is 0.644. The Morgan fingerprint density at radius 1 is 1.10 bits per heavy atom. The summed E-state index contributed by atoms with van der Waals surface area (Å²) in [6, 6.07) is 13.5. The Labute approximate surface area is 184 Å². The SMILES string of the molecule is CCOc1ccc(C2(CNC(=O)c3ccc(OC(C)C)c(OC)c3)CCOCC2)cc1. The van der Waals surface area contributed by atoms with E-state index in [2.05, 4.69) is 17.4 Å². The van der Waals surface area contributed by atoms with E-state index < -0.39 is 0 Å². The molecule has 0 atom stereocenters. The highest BCUT2D eigenvalue weighted by Gasteiger charge is 2.35. The van der Waals surface area contributed by atoms with Gasteiger partial charge in [0.2, 0.25) is 0 Å². The van der Waals surface area contributed by atoms with Crippen LogP contribution in [-0.2, 0) is 10.2 Å². The number of carbonyl (C=O) groups excluding carboxylic acids is 1. The van der Waals surface area contributed by atoms with Crippen LogP contribution in [0.2, 0.25) is 0 Å². The van der Waals surface area contributed by atoms with E-state index in [9.17, 15) is 4.79 Å². The Morgan fingerprint density at radius 3 is 2.42 bits per heavy atom. The summed E-state index contributed by atoms with van der Waals surface area (Å²) in [7, 11) is 1.58. The fourth-order valence-electron chi connectivity index (χ4n) is 3.91. The zero-order valence-corrected chi connectivity index (χ0v) is 18.9. The minimum Gasteiger partial charge on any atom is -0.494 e. The summed E-state index contributed by atoms with van der Waals surface area (Å²) in [6.45, 7) is 8.41. The molecule has 0 bridgehead atoms. The summed E-state index contributed by atoms with van der Waals surface area (Å²) in [5.41, 5.74) is 1.57. The van der Waals surface area contributed by atoms with Crippen LogP contribution in [0, 0.1) is 0 Å². The summed E-state index contributed by atoms with van der Waals surface area (Å²) in [5, 5.41) is 3.14. The van der Waals surface area contributed by atoms with E-state index in [1.54, 1.807) is 25.3 Å². The van der Waals surface area contributed by atoms with Crippen LogP contribution in [0.5, 0.6) is 17.2 Å². The third-order valence-electron chi connectivity index (χ3n) is 5.60. The van der Waals surface area contributed by atoms with Crippen LogP contribution < -0.4 is 19.5 Å². The van der Waals surface area contributed by atoms with E-state index in [0.717, 1.165) is 18.6 Å². The van der Waals surface area contributed by atoms with Crippen molar-refractivity contribution >= 4 is 5.91 Å². The van der Waals surface area contributed by atoms with Gasteiger partial charge in [-0.2, -0.15) is 0 Å². The second-order valence-corrected chi connectivity index (χ2v) is 8.07. The highest BCUT2D eigenvalue weighted by Crippen LogP contribution is 2.35. The molecular formula is C25H33NO5. The molecule has 0 saturated carbocycles. The Bertz CT molecular complexity index is 857. The summed E-state index contributed by atoms with van der Waals surface area (Å²) < 4.78 is 22.3. The van der Waals surface area contributed by atoms with Gasteiger partial charge in [0, 0.05) is 30.7 Å². The average Bonchev–Trinajstić information content (AvgIpc) is 2.78. The van der Waals surface area contributed by atoms with E-state index in [1.165, 1.54) is 5.56 Å². The predicted octanol–water partition coefficient (Wildman–Crippen LogP) is 4.36. The number of rotatable bonds is 9. The van der Waals surface area contributed by atoms with Crippen LogP contribution in [0.3, 0.4) is 0 Å². The van der Waals surface area contributed by atoms with Gasteiger partial charge in [-0.05, 0) is 69.5 Å². The molecule has 0 spiro atoms. The number of hydrogen-bond acceptors (Lipinski definition) is 5. The van der Waals surface area contributed by atoms with Crippen LogP contribution in [0.25, 0.3) is 0 Å². The smallest absolute Gasteiger partial charge is 0.251 e. The lowest BCUT2D eigenvalue weighted by molar-refractivity contribution is 0.0487. The number of methoxy groups -OCH3 is 1. The van der Waals surface area contributed by atoms with Crippen molar-refractivity contribution in [3.63, 3.8) is 0 Å². The first-order chi connectivity index (χ1) is 15.0. The molecule has 1 saturated heterocycles. The van der Waals surface area contributed by atoms with E-state index in [0.29, 0.717) is 43.4 Å². The molecule has 0 aromatic heterocycles. The number of benzene rings is 2. The van der Waals surface area contributed by atoms with Crippen molar-refractivity contribution in [3.05, 3.63) is 53.6 Å². The van der Waals surface area contributed by atoms with Gasteiger partial charge >= 0.3 is 0 Å². The molecule has 3 rings (SSSR count). The lowest BCUT2D eigenvalue weighted by Crippen LogP contribution is -2.44. The van der Waals surface area contributed by atoms with Crippen molar-refractivity contribution in [2.45, 2.75) is 45.1 Å². The zero-order valence-electron chi connectivity index (χ0n) is 18.9. The highest BCUT2D eigenvalue weighted by molar-refractivity contribution is 5.95. The van der Waals surface area contributed by atoms with E-state index in [-0.39, 0.29) is 17.4 Å². The fourth-order valence-corrected chi connectivity index (χ4v) is 3.91. The predicted molar refractivity (Wildman–Crippen MR) is 120 cm³/mol. The first-order valence-corrected chi connectivity index (χ1v) is 10.9. The van der Waals surface area contributed by atoms with Gasteiger partial charge in [0.25, 0.3) is 5.91 Å². The molecule has 1 amide bonds. The topological polar surface area (TPSA) is 66.0 Å². The summed E-state index contributed by atoms with van der Waals surface area (Å²) in [6.07, 6.45) is 1.73.